The number of nitrogens with zero attached hydrogens (tertiary/aromatic N) is 2. The third-order valence-electron chi connectivity index (χ3n) is 7.57. The summed E-state index contributed by atoms with van der Waals surface area (Å²) in [4.78, 5) is 14.8. The Morgan fingerprint density at radius 3 is 2.62 bits per heavy atom. The van der Waals surface area contributed by atoms with E-state index in [0.717, 1.165) is 49.3 Å². The van der Waals surface area contributed by atoms with E-state index in [1.165, 1.54) is 25.2 Å². The number of benzene rings is 1. The highest BCUT2D eigenvalue weighted by atomic mass is 32.2. The summed E-state index contributed by atoms with van der Waals surface area (Å²) in [7, 11) is -0.638. The van der Waals surface area contributed by atoms with E-state index in [2.05, 4.69) is 29.0 Å². The quantitative estimate of drug-likeness (QED) is 0.697. The van der Waals surface area contributed by atoms with Gasteiger partial charge in [0.25, 0.3) is 10.2 Å². The van der Waals surface area contributed by atoms with Crippen LogP contribution in [0.25, 0.3) is 0 Å². The van der Waals surface area contributed by atoms with Crippen LogP contribution >= 0.6 is 0 Å². The highest BCUT2D eigenvalue weighted by molar-refractivity contribution is 7.87. The Kier molecular flexibility index (Phi) is 8.17. The van der Waals surface area contributed by atoms with Gasteiger partial charge in [-0.2, -0.15) is 17.4 Å². The summed E-state index contributed by atoms with van der Waals surface area (Å²) < 4.78 is 41.0. The molecule has 0 radical (unpaired) electrons. The molecule has 2 fully saturated rings. The third-order valence-corrected chi connectivity index (χ3v) is 9.13. The first kappa shape index (κ1) is 25.4. The number of amides is 1. The van der Waals surface area contributed by atoms with E-state index >= 15 is 0 Å². The predicted octanol–water partition coefficient (Wildman–Crippen LogP) is 3.43. The molecule has 190 valence electrons. The van der Waals surface area contributed by atoms with Crippen molar-refractivity contribution in [2.45, 2.75) is 88.4 Å². The monoisotopic (exact) mass is 493 g/mol. The molecule has 4 bridgehead atoms. The maximum absolute atomic E-state index is 13.1. The number of hydrogen-bond donors (Lipinski definition) is 1. The van der Waals surface area contributed by atoms with Crippen molar-refractivity contribution >= 4 is 16.3 Å². The predicted molar refractivity (Wildman–Crippen MR) is 131 cm³/mol. The minimum absolute atomic E-state index is 0.120. The standard InChI is InChI=1S/C25H39N3O5S/c1-18-15-23(26-34(30,31)27(2)3)24-17-33-22-12-10-20(11-13-22)21-9-6-8-19(16-21)7-4-5-14-32-25(29)28(18)24/h6,8-9,16,18,20,22-24,26H,4-5,7,10-15,17H2,1-3H3. The fraction of sp³-hybridized carbons (Fsp3) is 0.720. The SMILES string of the molecule is CC1CC(NS(=O)(=O)N(C)C)C2COC3CCC(CC3)c3cccc(c3)CCCCOC(=O)N12. The summed E-state index contributed by atoms with van der Waals surface area (Å²) in [5.74, 6) is 0.558. The van der Waals surface area contributed by atoms with Crippen molar-refractivity contribution in [2.24, 2.45) is 0 Å². The van der Waals surface area contributed by atoms with Crippen molar-refractivity contribution in [1.82, 2.24) is 13.9 Å². The van der Waals surface area contributed by atoms with Crippen molar-refractivity contribution in [2.75, 3.05) is 27.3 Å². The second-order valence-electron chi connectivity index (χ2n) is 10.2. The molecule has 1 amide bonds. The van der Waals surface area contributed by atoms with Gasteiger partial charge in [0.1, 0.15) is 0 Å². The lowest BCUT2D eigenvalue weighted by Crippen LogP contribution is -2.52. The van der Waals surface area contributed by atoms with Crippen molar-refractivity contribution < 1.29 is 22.7 Å². The Morgan fingerprint density at radius 2 is 1.88 bits per heavy atom. The van der Waals surface area contributed by atoms with Crippen molar-refractivity contribution in [3.63, 3.8) is 0 Å². The first-order valence-electron chi connectivity index (χ1n) is 12.6. The molecule has 1 saturated carbocycles. The van der Waals surface area contributed by atoms with Crippen LogP contribution in [-0.4, -0.2) is 75.3 Å². The van der Waals surface area contributed by atoms with Gasteiger partial charge in [-0.05, 0) is 75.3 Å². The van der Waals surface area contributed by atoms with Gasteiger partial charge in [0, 0.05) is 26.2 Å². The molecule has 1 N–H and O–H groups in total. The number of fused-ring (bicyclic) bond motifs is 8. The molecule has 1 aromatic carbocycles. The molecule has 8 nitrogen and oxygen atoms in total. The van der Waals surface area contributed by atoms with Gasteiger partial charge in [0.05, 0.1) is 25.4 Å². The zero-order valence-electron chi connectivity index (χ0n) is 20.6. The second kappa shape index (κ2) is 10.9. The minimum Gasteiger partial charge on any atom is -0.449 e. The number of rotatable bonds is 3. The van der Waals surface area contributed by atoms with Crippen LogP contribution in [0.2, 0.25) is 0 Å². The van der Waals surface area contributed by atoms with Crippen LogP contribution < -0.4 is 4.72 Å². The fourth-order valence-electron chi connectivity index (χ4n) is 5.56. The number of aryl methyl sites for hydroxylation is 1. The molecular formula is C25H39N3O5S. The van der Waals surface area contributed by atoms with Crippen LogP contribution in [0.3, 0.4) is 0 Å². The number of carbonyl (C=O) groups is 1. The molecule has 3 atom stereocenters. The minimum atomic E-state index is -3.64. The van der Waals surface area contributed by atoms with Gasteiger partial charge < -0.3 is 9.47 Å². The van der Waals surface area contributed by atoms with Crippen molar-refractivity contribution in [3.8, 4) is 0 Å². The number of ether oxygens (including phenoxy) is 2. The number of hydrogen-bond acceptors (Lipinski definition) is 5. The van der Waals surface area contributed by atoms with Gasteiger partial charge in [0.2, 0.25) is 0 Å². The zero-order valence-corrected chi connectivity index (χ0v) is 21.4. The van der Waals surface area contributed by atoms with Crippen LogP contribution in [0.15, 0.2) is 24.3 Å². The smallest absolute Gasteiger partial charge is 0.410 e. The van der Waals surface area contributed by atoms with E-state index in [-0.39, 0.29) is 18.2 Å². The normalized spacial score (nSPS) is 31.2. The van der Waals surface area contributed by atoms with Crippen LogP contribution in [0.1, 0.15) is 68.9 Å². The maximum atomic E-state index is 13.1. The molecule has 4 aliphatic rings. The highest BCUT2D eigenvalue weighted by Crippen LogP contribution is 2.35. The summed E-state index contributed by atoms with van der Waals surface area (Å²) in [5.41, 5.74) is 2.76. The number of nitrogens with one attached hydrogen (secondary N) is 1. The molecular weight excluding hydrogens is 454 g/mol. The summed E-state index contributed by atoms with van der Waals surface area (Å²) in [6.07, 6.45) is 7.08. The Morgan fingerprint density at radius 1 is 1.12 bits per heavy atom. The van der Waals surface area contributed by atoms with Crippen molar-refractivity contribution in [1.29, 1.82) is 0 Å². The fourth-order valence-corrected chi connectivity index (χ4v) is 6.41. The largest absolute Gasteiger partial charge is 0.449 e. The molecule has 3 aliphatic heterocycles. The van der Waals surface area contributed by atoms with E-state index in [1.807, 2.05) is 6.92 Å². The van der Waals surface area contributed by atoms with E-state index in [0.29, 0.717) is 25.6 Å². The Bertz CT molecular complexity index is 946. The molecule has 3 unspecified atom stereocenters. The lowest BCUT2D eigenvalue weighted by atomic mass is 9.82. The number of carbonyl (C=O) groups excluding carboxylic acids is 1. The summed E-state index contributed by atoms with van der Waals surface area (Å²) >= 11 is 0. The van der Waals surface area contributed by atoms with E-state index in [4.69, 9.17) is 9.47 Å². The Balaban J connectivity index is 1.52. The van der Waals surface area contributed by atoms with Gasteiger partial charge in [-0.15, -0.1) is 0 Å². The Hall–Kier alpha value is -1.68. The molecule has 0 spiro atoms. The maximum Gasteiger partial charge on any atom is 0.410 e. The molecule has 0 aromatic heterocycles. The summed E-state index contributed by atoms with van der Waals surface area (Å²) in [6, 6.07) is 7.96. The summed E-state index contributed by atoms with van der Waals surface area (Å²) in [6.45, 7) is 2.60. The Labute approximate surface area is 204 Å². The van der Waals surface area contributed by atoms with Gasteiger partial charge >= 0.3 is 6.09 Å². The molecule has 9 heteroatoms. The van der Waals surface area contributed by atoms with Crippen LogP contribution in [-0.2, 0) is 26.1 Å². The van der Waals surface area contributed by atoms with Crippen LogP contribution in [0.4, 0.5) is 4.79 Å². The molecule has 3 heterocycles. The topological polar surface area (TPSA) is 88.2 Å². The molecule has 1 saturated heterocycles. The average molecular weight is 494 g/mol. The van der Waals surface area contributed by atoms with Crippen molar-refractivity contribution in [3.05, 3.63) is 35.4 Å². The van der Waals surface area contributed by atoms with E-state index in [1.54, 1.807) is 4.90 Å². The second-order valence-corrected chi connectivity index (χ2v) is 12.1. The van der Waals surface area contributed by atoms with Gasteiger partial charge in [-0.1, -0.05) is 24.3 Å². The molecule has 1 aliphatic carbocycles. The molecule has 34 heavy (non-hydrogen) atoms. The van der Waals surface area contributed by atoms with Gasteiger partial charge in [0.15, 0.2) is 0 Å². The molecule has 5 rings (SSSR count). The average Bonchev–Trinajstić information content (AvgIpc) is 3.11. The lowest BCUT2D eigenvalue weighted by Gasteiger charge is -2.33. The lowest BCUT2D eigenvalue weighted by molar-refractivity contribution is -0.0105. The van der Waals surface area contributed by atoms with Gasteiger partial charge in [-0.3, -0.25) is 4.90 Å². The van der Waals surface area contributed by atoms with Gasteiger partial charge in [-0.25, -0.2) is 4.79 Å². The third kappa shape index (κ3) is 5.93. The first-order valence-corrected chi connectivity index (χ1v) is 14.0. The van der Waals surface area contributed by atoms with E-state index in [9.17, 15) is 13.2 Å². The van der Waals surface area contributed by atoms with Crippen LogP contribution in [0.5, 0.6) is 0 Å². The highest BCUT2D eigenvalue weighted by Gasteiger charge is 2.45. The first-order chi connectivity index (χ1) is 16.2. The van der Waals surface area contributed by atoms with Crippen LogP contribution in [0, 0.1) is 0 Å². The zero-order chi connectivity index (χ0) is 24.3. The molecule has 1 aromatic rings. The van der Waals surface area contributed by atoms with E-state index < -0.39 is 22.3 Å². The summed E-state index contributed by atoms with van der Waals surface area (Å²) in [5, 5.41) is 0.